The summed E-state index contributed by atoms with van der Waals surface area (Å²) in [6.07, 6.45) is 11.4. The van der Waals surface area contributed by atoms with Gasteiger partial charge in [0, 0.05) is 10.9 Å². The first-order chi connectivity index (χ1) is 8.74. The van der Waals surface area contributed by atoms with Gasteiger partial charge in [-0.1, -0.05) is 51.9 Å². The second-order valence-corrected chi connectivity index (χ2v) is 5.75. The van der Waals surface area contributed by atoms with Crippen LogP contribution in [0.3, 0.4) is 0 Å². The normalized spacial score (nSPS) is 10.7. The van der Waals surface area contributed by atoms with Crippen LogP contribution in [0.4, 0.5) is 5.69 Å². The highest BCUT2D eigenvalue weighted by Crippen LogP contribution is 2.23. The Labute approximate surface area is 113 Å². The molecule has 0 spiro atoms. The zero-order chi connectivity index (χ0) is 13.2. The second-order valence-electron chi connectivity index (χ2n) is 4.75. The van der Waals surface area contributed by atoms with E-state index in [9.17, 15) is 10.1 Å². The van der Waals surface area contributed by atoms with E-state index in [1.165, 1.54) is 56.3 Å². The highest BCUT2D eigenvalue weighted by Gasteiger charge is 2.08. The van der Waals surface area contributed by atoms with Crippen molar-refractivity contribution in [2.24, 2.45) is 0 Å². The molecular formula is C14H23NO2S. The molecule has 0 saturated heterocycles. The Morgan fingerprint density at radius 2 is 1.72 bits per heavy atom. The molecule has 0 unspecified atom stereocenters. The van der Waals surface area contributed by atoms with Gasteiger partial charge in [0.25, 0.3) is 5.69 Å². The largest absolute Gasteiger partial charge is 0.280 e. The average Bonchev–Trinajstić information content (AvgIpc) is 2.81. The number of unbranched alkanes of at least 4 members (excludes halogenated alkanes) is 7. The molecule has 1 rings (SSSR count). The van der Waals surface area contributed by atoms with Gasteiger partial charge in [0.05, 0.1) is 10.3 Å². The molecule has 0 radical (unpaired) electrons. The standard InChI is InChI=1S/C14H23NO2S/c1-2-3-4-5-6-7-8-9-10-14-11-13(12-18-14)15(16)17/h11-12H,2-10H2,1H3. The Kier molecular flexibility index (Phi) is 7.65. The third kappa shape index (κ3) is 6.15. The summed E-state index contributed by atoms with van der Waals surface area (Å²) >= 11 is 1.51. The Morgan fingerprint density at radius 1 is 1.11 bits per heavy atom. The lowest BCUT2D eigenvalue weighted by Crippen LogP contribution is -1.85. The van der Waals surface area contributed by atoms with Gasteiger partial charge >= 0.3 is 0 Å². The summed E-state index contributed by atoms with van der Waals surface area (Å²) in [4.78, 5) is 11.4. The monoisotopic (exact) mass is 269 g/mol. The van der Waals surface area contributed by atoms with Crippen molar-refractivity contribution in [1.82, 2.24) is 0 Å². The maximum atomic E-state index is 10.5. The number of thiophene rings is 1. The van der Waals surface area contributed by atoms with Crippen molar-refractivity contribution in [2.45, 2.75) is 64.7 Å². The quantitative estimate of drug-likeness (QED) is 0.327. The van der Waals surface area contributed by atoms with Crippen LogP contribution in [-0.2, 0) is 6.42 Å². The molecule has 18 heavy (non-hydrogen) atoms. The minimum absolute atomic E-state index is 0.245. The van der Waals surface area contributed by atoms with Gasteiger partial charge in [-0.3, -0.25) is 10.1 Å². The lowest BCUT2D eigenvalue weighted by Gasteiger charge is -2.00. The van der Waals surface area contributed by atoms with Crippen molar-refractivity contribution in [3.8, 4) is 0 Å². The molecule has 0 aromatic carbocycles. The summed E-state index contributed by atoms with van der Waals surface area (Å²) in [5.74, 6) is 0. The molecular weight excluding hydrogens is 246 g/mol. The van der Waals surface area contributed by atoms with Gasteiger partial charge in [-0.2, -0.15) is 0 Å². The first-order valence-corrected chi connectivity index (χ1v) is 7.83. The van der Waals surface area contributed by atoms with E-state index in [1.807, 2.05) is 0 Å². The highest BCUT2D eigenvalue weighted by atomic mass is 32.1. The number of rotatable bonds is 10. The topological polar surface area (TPSA) is 43.1 Å². The van der Waals surface area contributed by atoms with Crippen LogP contribution >= 0.6 is 11.3 Å². The van der Waals surface area contributed by atoms with E-state index in [0.29, 0.717) is 0 Å². The molecule has 0 aliphatic rings. The molecule has 0 amide bonds. The van der Waals surface area contributed by atoms with Gasteiger partial charge in [0.1, 0.15) is 0 Å². The molecule has 3 nitrogen and oxygen atoms in total. The smallest absolute Gasteiger partial charge is 0.258 e. The van der Waals surface area contributed by atoms with Gasteiger partial charge in [0.15, 0.2) is 0 Å². The molecule has 102 valence electrons. The van der Waals surface area contributed by atoms with E-state index >= 15 is 0 Å². The van der Waals surface area contributed by atoms with Crippen LogP contribution in [0.2, 0.25) is 0 Å². The summed E-state index contributed by atoms with van der Waals surface area (Å²) in [5.41, 5.74) is 0.245. The zero-order valence-electron chi connectivity index (χ0n) is 11.2. The Bertz CT molecular complexity index is 349. The second kappa shape index (κ2) is 9.09. The molecule has 0 N–H and O–H groups in total. The van der Waals surface area contributed by atoms with Gasteiger partial charge in [0.2, 0.25) is 0 Å². The number of nitrogens with zero attached hydrogens (tertiary/aromatic N) is 1. The predicted octanol–water partition coefficient (Wildman–Crippen LogP) is 5.34. The molecule has 1 heterocycles. The van der Waals surface area contributed by atoms with Crippen LogP contribution in [0.1, 0.15) is 63.2 Å². The molecule has 0 aliphatic heterocycles. The van der Waals surface area contributed by atoms with Crippen LogP contribution in [0.25, 0.3) is 0 Å². The SMILES string of the molecule is CCCCCCCCCCc1cc([N+](=O)[O-])cs1. The van der Waals surface area contributed by atoms with E-state index in [1.54, 1.807) is 11.4 Å². The van der Waals surface area contributed by atoms with Crippen molar-refractivity contribution in [1.29, 1.82) is 0 Å². The minimum Gasteiger partial charge on any atom is -0.258 e. The number of hydrogen-bond donors (Lipinski definition) is 0. The van der Waals surface area contributed by atoms with Crippen LogP contribution in [0.5, 0.6) is 0 Å². The van der Waals surface area contributed by atoms with Gasteiger partial charge in [-0.05, 0) is 12.8 Å². The molecule has 4 heteroatoms. The summed E-state index contributed by atoms with van der Waals surface area (Å²) in [5, 5.41) is 12.2. The van der Waals surface area contributed by atoms with E-state index in [4.69, 9.17) is 0 Å². The average molecular weight is 269 g/mol. The van der Waals surface area contributed by atoms with Crippen LogP contribution in [0.15, 0.2) is 11.4 Å². The summed E-state index contributed by atoms with van der Waals surface area (Å²) < 4.78 is 0. The molecule has 1 aromatic rings. The Balaban J connectivity index is 2.02. The van der Waals surface area contributed by atoms with Gasteiger partial charge in [-0.15, -0.1) is 11.3 Å². The summed E-state index contributed by atoms with van der Waals surface area (Å²) in [7, 11) is 0. The lowest BCUT2D eigenvalue weighted by atomic mass is 10.1. The van der Waals surface area contributed by atoms with Crippen molar-refractivity contribution < 1.29 is 4.92 Å². The molecule has 0 saturated carbocycles. The third-order valence-corrected chi connectivity index (χ3v) is 4.11. The number of aryl methyl sites for hydroxylation is 1. The molecule has 0 fully saturated rings. The van der Waals surface area contributed by atoms with E-state index in [2.05, 4.69) is 6.92 Å². The molecule has 0 aliphatic carbocycles. The van der Waals surface area contributed by atoms with Crippen molar-refractivity contribution in [3.63, 3.8) is 0 Å². The Hall–Kier alpha value is -0.900. The van der Waals surface area contributed by atoms with E-state index in [0.717, 1.165) is 17.7 Å². The Morgan fingerprint density at radius 3 is 2.28 bits per heavy atom. The third-order valence-electron chi connectivity index (χ3n) is 3.13. The van der Waals surface area contributed by atoms with Crippen LogP contribution < -0.4 is 0 Å². The first-order valence-electron chi connectivity index (χ1n) is 6.96. The summed E-state index contributed by atoms with van der Waals surface area (Å²) in [6, 6.07) is 1.71. The van der Waals surface area contributed by atoms with E-state index < -0.39 is 0 Å². The van der Waals surface area contributed by atoms with Gasteiger partial charge in [-0.25, -0.2) is 0 Å². The van der Waals surface area contributed by atoms with Gasteiger partial charge < -0.3 is 0 Å². The molecule has 0 atom stereocenters. The zero-order valence-corrected chi connectivity index (χ0v) is 12.0. The first kappa shape index (κ1) is 15.2. The van der Waals surface area contributed by atoms with E-state index in [-0.39, 0.29) is 10.6 Å². The minimum atomic E-state index is -0.312. The van der Waals surface area contributed by atoms with Crippen LogP contribution in [-0.4, -0.2) is 4.92 Å². The fraction of sp³-hybridized carbons (Fsp3) is 0.714. The lowest BCUT2D eigenvalue weighted by molar-refractivity contribution is -0.384. The molecule has 0 bridgehead atoms. The van der Waals surface area contributed by atoms with Crippen molar-refractivity contribution >= 4 is 17.0 Å². The number of hydrogen-bond acceptors (Lipinski definition) is 3. The summed E-state index contributed by atoms with van der Waals surface area (Å²) in [6.45, 7) is 2.24. The van der Waals surface area contributed by atoms with Crippen molar-refractivity contribution in [2.75, 3.05) is 0 Å². The highest BCUT2D eigenvalue weighted by molar-refractivity contribution is 7.10. The number of nitro groups is 1. The molecule has 1 aromatic heterocycles. The maximum Gasteiger partial charge on any atom is 0.280 e. The van der Waals surface area contributed by atoms with Crippen molar-refractivity contribution in [3.05, 3.63) is 26.4 Å². The van der Waals surface area contributed by atoms with Crippen LogP contribution in [0, 0.1) is 10.1 Å². The fourth-order valence-electron chi connectivity index (χ4n) is 2.03. The maximum absolute atomic E-state index is 10.5. The predicted molar refractivity (Wildman–Crippen MR) is 77.3 cm³/mol. The fourth-order valence-corrected chi connectivity index (χ4v) is 2.91.